The van der Waals surface area contributed by atoms with Crippen molar-refractivity contribution in [1.29, 1.82) is 0 Å². The van der Waals surface area contributed by atoms with Crippen LogP contribution in [0.4, 0.5) is 5.69 Å². The van der Waals surface area contributed by atoms with Crippen molar-refractivity contribution in [2.24, 2.45) is 0 Å². The highest BCUT2D eigenvalue weighted by molar-refractivity contribution is 9.10. The first-order valence-corrected chi connectivity index (χ1v) is 6.91. The van der Waals surface area contributed by atoms with Crippen molar-refractivity contribution in [2.45, 2.75) is 27.3 Å². The summed E-state index contributed by atoms with van der Waals surface area (Å²) in [5.74, 6) is 0. The van der Waals surface area contributed by atoms with E-state index < -0.39 is 0 Å². The van der Waals surface area contributed by atoms with Crippen LogP contribution in [0.25, 0.3) is 0 Å². The molecule has 18 heavy (non-hydrogen) atoms. The van der Waals surface area contributed by atoms with E-state index in [4.69, 9.17) is 0 Å². The Morgan fingerprint density at radius 1 is 0.889 bits per heavy atom. The van der Waals surface area contributed by atoms with E-state index >= 15 is 0 Å². The highest BCUT2D eigenvalue weighted by Crippen LogP contribution is 2.24. The molecule has 0 bridgehead atoms. The number of hydrogen-bond donors (Lipinski definition) is 1. The van der Waals surface area contributed by atoms with Gasteiger partial charge in [0.25, 0.3) is 0 Å². The van der Waals surface area contributed by atoms with Crippen LogP contribution in [0.5, 0.6) is 0 Å². The monoisotopic (exact) mass is 303 g/mol. The fourth-order valence-corrected chi connectivity index (χ4v) is 2.77. The van der Waals surface area contributed by atoms with E-state index in [0.717, 1.165) is 16.7 Å². The fourth-order valence-electron chi connectivity index (χ4n) is 2.13. The zero-order chi connectivity index (χ0) is 13.1. The summed E-state index contributed by atoms with van der Waals surface area (Å²) in [6.45, 7) is 7.22. The molecule has 0 radical (unpaired) electrons. The molecule has 2 aromatic carbocycles. The Morgan fingerprint density at radius 2 is 1.56 bits per heavy atom. The normalized spacial score (nSPS) is 10.4. The summed E-state index contributed by atoms with van der Waals surface area (Å²) < 4.78 is 1.12. The second-order valence-corrected chi connectivity index (χ2v) is 5.69. The molecule has 0 amide bonds. The van der Waals surface area contributed by atoms with Gasteiger partial charge in [0.1, 0.15) is 0 Å². The Hall–Kier alpha value is -1.28. The van der Waals surface area contributed by atoms with Gasteiger partial charge < -0.3 is 5.32 Å². The largest absolute Gasteiger partial charge is 0.380 e. The smallest absolute Gasteiger partial charge is 0.0487 e. The maximum atomic E-state index is 3.59. The lowest BCUT2D eigenvalue weighted by Crippen LogP contribution is -2.01. The van der Waals surface area contributed by atoms with Crippen molar-refractivity contribution in [3.05, 3.63) is 63.1 Å². The molecule has 94 valence electrons. The van der Waals surface area contributed by atoms with Gasteiger partial charge in [0.2, 0.25) is 0 Å². The summed E-state index contributed by atoms with van der Waals surface area (Å²) in [6.07, 6.45) is 0. The second kappa shape index (κ2) is 5.57. The van der Waals surface area contributed by atoms with E-state index in [9.17, 15) is 0 Å². The number of benzene rings is 2. The zero-order valence-corrected chi connectivity index (χ0v) is 12.6. The molecule has 2 heteroatoms. The van der Waals surface area contributed by atoms with Crippen molar-refractivity contribution in [3.8, 4) is 0 Å². The highest BCUT2D eigenvalue weighted by atomic mass is 79.9. The fraction of sp³-hybridized carbons (Fsp3) is 0.250. The van der Waals surface area contributed by atoms with E-state index in [0.29, 0.717) is 0 Å². The first kappa shape index (κ1) is 13.2. The molecule has 2 rings (SSSR count). The van der Waals surface area contributed by atoms with Crippen LogP contribution in [0.3, 0.4) is 0 Å². The number of halogens is 1. The van der Waals surface area contributed by atoms with Gasteiger partial charge in [0, 0.05) is 16.7 Å². The number of aryl methyl sites for hydroxylation is 3. The van der Waals surface area contributed by atoms with Gasteiger partial charge in [-0.25, -0.2) is 0 Å². The molecule has 1 nitrogen and oxygen atoms in total. The van der Waals surface area contributed by atoms with Crippen LogP contribution in [0.2, 0.25) is 0 Å². The topological polar surface area (TPSA) is 12.0 Å². The molecule has 0 fully saturated rings. The summed E-state index contributed by atoms with van der Waals surface area (Å²) in [5, 5.41) is 3.46. The predicted molar refractivity (Wildman–Crippen MR) is 82.1 cm³/mol. The third-order valence-corrected chi connectivity index (χ3v) is 3.55. The van der Waals surface area contributed by atoms with Gasteiger partial charge in [0.15, 0.2) is 0 Å². The van der Waals surface area contributed by atoms with E-state index in [1.165, 1.54) is 22.3 Å². The third kappa shape index (κ3) is 3.36. The third-order valence-electron chi connectivity index (χ3n) is 2.89. The first-order chi connectivity index (χ1) is 8.54. The summed E-state index contributed by atoms with van der Waals surface area (Å²) >= 11 is 3.59. The van der Waals surface area contributed by atoms with Crippen molar-refractivity contribution >= 4 is 21.6 Å². The standard InChI is InChI=1S/C16H18BrN/c1-11-4-5-16(15(17)9-11)18-10-14-7-12(2)6-13(3)8-14/h4-9,18H,10H2,1-3H3. The molecule has 0 spiro atoms. The Kier molecular flexibility index (Phi) is 4.07. The molecule has 0 unspecified atom stereocenters. The summed E-state index contributed by atoms with van der Waals surface area (Å²) in [7, 11) is 0. The number of nitrogens with one attached hydrogen (secondary N) is 1. The van der Waals surface area contributed by atoms with Crippen LogP contribution in [0.15, 0.2) is 40.9 Å². The number of hydrogen-bond acceptors (Lipinski definition) is 1. The predicted octanol–water partition coefficient (Wildman–Crippen LogP) is 4.99. The van der Waals surface area contributed by atoms with Gasteiger partial charge in [-0.2, -0.15) is 0 Å². The van der Waals surface area contributed by atoms with Crippen LogP contribution >= 0.6 is 15.9 Å². The Labute approximate surface area is 117 Å². The lowest BCUT2D eigenvalue weighted by molar-refractivity contribution is 1.13. The van der Waals surface area contributed by atoms with E-state index in [1.54, 1.807) is 0 Å². The molecule has 0 aliphatic carbocycles. The number of anilines is 1. The molecule has 0 saturated carbocycles. The van der Waals surface area contributed by atoms with Crippen LogP contribution in [0, 0.1) is 20.8 Å². The maximum absolute atomic E-state index is 3.59. The first-order valence-electron chi connectivity index (χ1n) is 6.12. The van der Waals surface area contributed by atoms with Gasteiger partial charge in [-0.05, 0) is 60.0 Å². The van der Waals surface area contributed by atoms with Crippen LogP contribution < -0.4 is 5.32 Å². The lowest BCUT2D eigenvalue weighted by Gasteiger charge is -2.10. The molecule has 0 aromatic heterocycles. The van der Waals surface area contributed by atoms with Gasteiger partial charge in [0.05, 0.1) is 0 Å². The van der Waals surface area contributed by atoms with Crippen molar-refractivity contribution in [3.63, 3.8) is 0 Å². The minimum absolute atomic E-state index is 0.851. The number of rotatable bonds is 3. The van der Waals surface area contributed by atoms with Crippen LogP contribution in [-0.4, -0.2) is 0 Å². The average Bonchev–Trinajstić information content (AvgIpc) is 2.26. The van der Waals surface area contributed by atoms with Crippen molar-refractivity contribution in [2.75, 3.05) is 5.32 Å². The molecular weight excluding hydrogens is 286 g/mol. The minimum atomic E-state index is 0.851. The summed E-state index contributed by atoms with van der Waals surface area (Å²) in [6, 6.07) is 13.0. The second-order valence-electron chi connectivity index (χ2n) is 4.83. The van der Waals surface area contributed by atoms with E-state index in [-0.39, 0.29) is 0 Å². The van der Waals surface area contributed by atoms with Crippen LogP contribution in [0.1, 0.15) is 22.3 Å². The average molecular weight is 304 g/mol. The van der Waals surface area contributed by atoms with Crippen molar-refractivity contribution < 1.29 is 0 Å². The Balaban J connectivity index is 2.11. The minimum Gasteiger partial charge on any atom is -0.380 e. The van der Waals surface area contributed by atoms with Gasteiger partial charge in [-0.1, -0.05) is 35.4 Å². The Bertz CT molecular complexity index is 541. The maximum Gasteiger partial charge on any atom is 0.0487 e. The van der Waals surface area contributed by atoms with E-state index in [2.05, 4.69) is 78.4 Å². The molecule has 0 aliphatic rings. The quantitative estimate of drug-likeness (QED) is 0.842. The van der Waals surface area contributed by atoms with Crippen LogP contribution in [-0.2, 0) is 6.54 Å². The lowest BCUT2D eigenvalue weighted by atomic mass is 10.1. The van der Waals surface area contributed by atoms with Gasteiger partial charge in [-0.3, -0.25) is 0 Å². The Morgan fingerprint density at radius 3 is 2.17 bits per heavy atom. The van der Waals surface area contributed by atoms with Crippen molar-refractivity contribution in [1.82, 2.24) is 0 Å². The molecule has 0 aliphatic heterocycles. The van der Waals surface area contributed by atoms with Gasteiger partial charge >= 0.3 is 0 Å². The van der Waals surface area contributed by atoms with Gasteiger partial charge in [-0.15, -0.1) is 0 Å². The molecule has 2 aromatic rings. The molecule has 0 heterocycles. The molecule has 0 saturated heterocycles. The molecule has 1 N–H and O–H groups in total. The summed E-state index contributed by atoms with van der Waals surface area (Å²) in [4.78, 5) is 0. The zero-order valence-electron chi connectivity index (χ0n) is 11.0. The van der Waals surface area contributed by atoms with E-state index in [1.807, 2.05) is 0 Å². The SMILES string of the molecule is Cc1cc(C)cc(CNc2ccc(C)cc2Br)c1. The highest BCUT2D eigenvalue weighted by Gasteiger charge is 2.00. The molecular formula is C16H18BrN. The molecule has 0 atom stereocenters. The summed E-state index contributed by atoms with van der Waals surface area (Å²) in [5.41, 5.74) is 6.35.